The fourth-order valence-electron chi connectivity index (χ4n) is 2.41. The van der Waals surface area contributed by atoms with Crippen molar-refractivity contribution in [1.29, 1.82) is 0 Å². The summed E-state index contributed by atoms with van der Waals surface area (Å²) in [7, 11) is 1.54. The van der Waals surface area contributed by atoms with Crippen molar-refractivity contribution in [2.75, 3.05) is 7.11 Å². The highest BCUT2D eigenvalue weighted by atomic mass is 32.2. The minimum atomic E-state index is -1.06. The molecule has 0 saturated carbocycles. The Morgan fingerprint density at radius 1 is 1.13 bits per heavy atom. The molecule has 0 radical (unpaired) electrons. The van der Waals surface area contributed by atoms with Crippen molar-refractivity contribution in [1.82, 2.24) is 5.32 Å². The van der Waals surface area contributed by atoms with Crippen LogP contribution in [0.1, 0.15) is 22.3 Å². The number of carbonyl (C=O) groups excluding carboxylic acids is 2. The number of carboxylic acids is 1. The largest absolute Gasteiger partial charge is 0.497 e. The van der Waals surface area contributed by atoms with E-state index < -0.39 is 23.1 Å². The molecule has 1 heterocycles. The van der Waals surface area contributed by atoms with E-state index in [1.54, 1.807) is 55.6 Å². The second kappa shape index (κ2) is 9.70. The first-order chi connectivity index (χ1) is 14.4. The second-order valence-corrected chi connectivity index (χ2v) is 7.22. The van der Waals surface area contributed by atoms with Crippen molar-refractivity contribution in [3.05, 3.63) is 59.7 Å². The molecule has 1 atom stereocenters. The zero-order valence-corrected chi connectivity index (χ0v) is 16.6. The predicted octanol–water partition coefficient (Wildman–Crippen LogP) is 2.31. The predicted molar refractivity (Wildman–Crippen MR) is 111 cm³/mol. The van der Waals surface area contributed by atoms with Crippen LogP contribution in [0.3, 0.4) is 0 Å². The number of thioether (sulfide) groups is 1. The van der Waals surface area contributed by atoms with Gasteiger partial charge in [-0.3, -0.25) is 9.59 Å². The van der Waals surface area contributed by atoms with E-state index in [4.69, 9.17) is 14.6 Å². The van der Waals surface area contributed by atoms with Gasteiger partial charge in [-0.15, -0.1) is 5.10 Å². The van der Waals surface area contributed by atoms with Gasteiger partial charge in [-0.05, 0) is 54.1 Å². The van der Waals surface area contributed by atoms with Gasteiger partial charge in [0.2, 0.25) is 5.91 Å². The SMILES string of the molecule is COc1ccc(C(=O)Oc2ccc(C=NN=C3NC(=O)C(CC(=O)O)S3)cc2)cc1. The molecule has 0 aliphatic carbocycles. The number of aliphatic carboxylic acids is 1. The molecule has 2 N–H and O–H groups in total. The molecule has 154 valence electrons. The molecule has 1 aliphatic heterocycles. The molecule has 2 aromatic carbocycles. The fourth-order valence-corrected chi connectivity index (χ4v) is 3.32. The number of carbonyl (C=O) groups is 3. The lowest BCUT2D eigenvalue weighted by Crippen LogP contribution is -2.26. The van der Waals surface area contributed by atoms with E-state index in [0.29, 0.717) is 22.6 Å². The van der Waals surface area contributed by atoms with Crippen LogP contribution in [0.25, 0.3) is 0 Å². The Balaban J connectivity index is 1.56. The van der Waals surface area contributed by atoms with Gasteiger partial charge in [0.05, 0.1) is 25.3 Å². The van der Waals surface area contributed by atoms with Gasteiger partial charge in [0, 0.05) is 0 Å². The van der Waals surface area contributed by atoms with Crippen LogP contribution in [0, 0.1) is 0 Å². The zero-order chi connectivity index (χ0) is 21.5. The number of hydrogen-bond donors (Lipinski definition) is 2. The standard InChI is InChI=1S/C20H17N3O6S/c1-28-14-8-4-13(5-9-14)19(27)29-15-6-2-12(3-7-15)11-21-23-20-22-18(26)16(30-20)10-17(24)25/h2-9,11,16H,10H2,1H3,(H,24,25)(H,22,23,26). The van der Waals surface area contributed by atoms with Crippen molar-refractivity contribution in [3.8, 4) is 11.5 Å². The lowest BCUT2D eigenvalue weighted by Gasteiger charge is -2.05. The molecular weight excluding hydrogens is 410 g/mol. The number of ether oxygens (including phenoxy) is 2. The minimum absolute atomic E-state index is 0.243. The van der Waals surface area contributed by atoms with Crippen molar-refractivity contribution < 1.29 is 29.0 Å². The number of carboxylic acid groups (broad SMARTS) is 1. The van der Waals surface area contributed by atoms with Gasteiger partial charge in [-0.25, -0.2) is 4.79 Å². The molecule has 1 fully saturated rings. The lowest BCUT2D eigenvalue weighted by atomic mass is 10.2. The fraction of sp³-hybridized carbons (Fsp3) is 0.150. The van der Waals surface area contributed by atoms with Crippen LogP contribution >= 0.6 is 11.8 Å². The number of amidine groups is 1. The summed E-state index contributed by atoms with van der Waals surface area (Å²) in [5, 5.41) is 18.5. The Morgan fingerprint density at radius 2 is 1.80 bits per heavy atom. The summed E-state index contributed by atoms with van der Waals surface area (Å²) in [4.78, 5) is 34.5. The highest BCUT2D eigenvalue weighted by molar-refractivity contribution is 8.15. The quantitative estimate of drug-likeness (QED) is 0.300. The minimum Gasteiger partial charge on any atom is -0.497 e. The summed E-state index contributed by atoms with van der Waals surface area (Å²) in [5.41, 5.74) is 1.09. The number of hydrogen-bond acceptors (Lipinski definition) is 8. The number of esters is 1. The molecule has 0 bridgehead atoms. The van der Waals surface area contributed by atoms with Gasteiger partial charge in [0.15, 0.2) is 5.17 Å². The molecule has 10 heteroatoms. The van der Waals surface area contributed by atoms with Crippen LogP contribution in [0.5, 0.6) is 11.5 Å². The van der Waals surface area contributed by atoms with Gasteiger partial charge in [-0.1, -0.05) is 11.8 Å². The zero-order valence-electron chi connectivity index (χ0n) is 15.8. The van der Waals surface area contributed by atoms with Gasteiger partial charge < -0.3 is 19.9 Å². The molecule has 0 aromatic heterocycles. The maximum atomic E-state index is 12.2. The average molecular weight is 427 g/mol. The van der Waals surface area contributed by atoms with E-state index in [1.165, 1.54) is 6.21 Å². The Kier molecular flexibility index (Phi) is 6.81. The van der Waals surface area contributed by atoms with Gasteiger partial charge in [0.1, 0.15) is 16.7 Å². The van der Waals surface area contributed by atoms with Crippen LogP contribution in [-0.2, 0) is 9.59 Å². The monoisotopic (exact) mass is 427 g/mol. The summed E-state index contributed by atoms with van der Waals surface area (Å²) < 4.78 is 10.4. The summed E-state index contributed by atoms with van der Waals surface area (Å²) in [6.45, 7) is 0. The second-order valence-electron chi connectivity index (χ2n) is 6.03. The molecule has 0 spiro atoms. The summed E-state index contributed by atoms with van der Waals surface area (Å²) in [6.07, 6.45) is 1.18. The van der Waals surface area contributed by atoms with Crippen LogP contribution in [0.4, 0.5) is 0 Å². The van der Waals surface area contributed by atoms with Crippen LogP contribution in [0.2, 0.25) is 0 Å². The van der Waals surface area contributed by atoms with E-state index >= 15 is 0 Å². The molecule has 1 saturated heterocycles. The third-order valence-corrected chi connectivity index (χ3v) is 4.98. The van der Waals surface area contributed by atoms with Crippen LogP contribution in [-0.4, -0.2) is 46.7 Å². The number of rotatable bonds is 7. The summed E-state index contributed by atoms with van der Waals surface area (Å²) in [5.74, 6) is -0.934. The number of amides is 1. The molecule has 3 rings (SSSR count). The third kappa shape index (κ3) is 5.67. The smallest absolute Gasteiger partial charge is 0.343 e. The first-order valence-corrected chi connectivity index (χ1v) is 9.59. The number of benzene rings is 2. The molecule has 1 unspecified atom stereocenters. The molecule has 30 heavy (non-hydrogen) atoms. The van der Waals surface area contributed by atoms with Crippen molar-refractivity contribution in [2.24, 2.45) is 10.2 Å². The highest BCUT2D eigenvalue weighted by Crippen LogP contribution is 2.22. The van der Waals surface area contributed by atoms with Crippen molar-refractivity contribution in [3.63, 3.8) is 0 Å². The van der Waals surface area contributed by atoms with Gasteiger partial charge >= 0.3 is 11.9 Å². The number of methoxy groups -OCH3 is 1. The Labute approximate surface area is 175 Å². The van der Waals surface area contributed by atoms with Crippen LogP contribution in [0.15, 0.2) is 58.7 Å². The van der Waals surface area contributed by atoms with Crippen molar-refractivity contribution in [2.45, 2.75) is 11.7 Å². The Hall–Kier alpha value is -3.66. The molecule has 9 nitrogen and oxygen atoms in total. The van der Waals surface area contributed by atoms with Crippen LogP contribution < -0.4 is 14.8 Å². The Bertz CT molecular complexity index is 1000. The molecule has 2 aromatic rings. The normalized spacial score (nSPS) is 17.2. The first kappa shape index (κ1) is 21.1. The summed E-state index contributed by atoms with van der Waals surface area (Å²) in [6, 6.07) is 13.2. The number of nitrogens with zero attached hydrogens (tertiary/aromatic N) is 2. The summed E-state index contributed by atoms with van der Waals surface area (Å²) >= 11 is 1.02. The van der Waals surface area contributed by atoms with E-state index in [2.05, 4.69) is 15.5 Å². The highest BCUT2D eigenvalue weighted by Gasteiger charge is 2.32. The van der Waals surface area contributed by atoms with E-state index in [9.17, 15) is 14.4 Å². The number of nitrogens with one attached hydrogen (secondary N) is 1. The van der Waals surface area contributed by atoms with Crippen molar-refractivity contribution >= 4 is 41.0 Å². The lowest BCUT2D eigenvalue weighted by molar-refractivity contribution is -0.138. The molecular formula is C20H17N3O6S. The molecule has 1 aliphatic rings. The Morgan fingerprint density at radius 3 is 2.43 bits per heavy atom. The molecule has 1 amide bonds. The maximum Gasteiger partial charge on any atom is 0.343 e. The topological polar surface area (TPSA) is 127 Å². The van der Waals surface area contributed by atoms with E-state index in [0.717, 1.165) is 11.8 Å². The van der Waals surface area contributed by atoms with E-state index in [-0.39, 0.29) is 11.6 Å². The maximum absolute atomic E-state index is 12.2. The average Bonchev–Trinajstić information content (AvgIpc) is 3.07. The van der Waals surface area contributed by atoms with Gasteiger partial charge in [0.25, 0.3) is 0 Å². The van der Waals surface area contributed by atoms with E-state index in [1.807, 2.05) is 0 Å². The third-order valence-electron chi connectivity index (χ3n) is 3.91. The van der Waals surface area contributed by atoms with Gasteiger partial charge in [-0.2, -0.15) is 5.10 Å². The first-order valence-electron chi connectivity index (χ1n) is 8.71.